The Kier molecular flexibility index (Phi) is 7.76. The van der Waals surface area contributed by atoms with Crippen molar-refractivity contribution in [1.29, 1.82) is 0 Å². The number of carbonyl (C=O) groups is 2. The SMILES string of the molecule is CCC(CC)C(=O)N1CCCN(C(=O)CCOc2ccccc2)CC1. The molecule has 0 unspecified atom stereocenters. The maximum absolute atomic E-state index is 12.5. The minimum atomic E-state index is 0.104. The lowest BCUT2D eigenvalue weighted by atomic mass is 10.0. The van der Waals surface area contributed by atoms with Crippen molar-refractivity contribution >= 4 is 11.8 Å². The van der Waals surface area contributed by atoms with Crippen molar-refractivity contribution in [3.8, 4) is 5.75 Å². The van der Waals surface area contributed by atoms with Crippen LogP contribution in [0.15, 0.2) is 30.3 Å². The summed E-state index contributed by atoms with van der Waals surface area (Å²) in [4.78, 5) is 28.7. The van der Waals surface area contributed by atoms with E-state index < -0.39 is 0 Å². The van der Waals surface area contributed by atoms with E-state index >= 15 is 0 Å². The fourth-order valence-corrected chi connectivity index (χ4v) is 3.21. The summed E-state index contributed by atoms with van der Waals surface area (Å²) in [6.45, 7) is 7.24. The summed E-state index contributed by atoms with van der Waals surface area (Å²) in [5.41, 5.74) is 0. The topological polar surface area (TPSA) is 49.9 Å². The lowest BCUT2D eigenvalue weighted by Gasteiger charge is -2.25. The third-order valence-electron chi connectivity index (χ3n) is 4.82. The molecule has 2 amide bonds. The summed E-state index contributed by atoms with van der Waals surface area (Å²) in [5, 5.41) is 0. The van der Waals surface area contributed by atoms with Crippen molar-refractivity contribution in [2.75, 3.05) is 32.8 Å². The minimum absolute atomic E-state index is 0.104. The minimum Gasteiger partial charge on any atom is -0.493 e. The molecule has 2 rings (SSSR count). The van der Waals surface area contributed by atoms with Gasteiger partial charge in [0.05, 0.1) is 13.0 Å². The Morgan fingerprint density at radius 2 is 1.64 bits per heavy atom. The fraction of sp³-hybridized carbons (Fsp3) is 0.600. The van der Waals surface area contributed by atoms with Crippen molar-refractivity contribution < 1.29 is 14.3 Å². The molecule has 1 aromatic carbocycles. The van der Waals surface area contributed by atoms with Crippen molar-refractivity contribution in [2.45, 2.75) is 39.5 Å². The number of hydrogen-bond donors (Lipinski definition) is 0. The molecule has 138 valence electrons. The van der Waals surface area contributed by atoms with E-state index in [-0.39, 0.29) is 17.7 Å². The summed E-state index contributed by atoms with van der Waals surface area (Å²) >= 11 is 0. The summed E-state index contributed by atoms with van der Waals surface area (Å²) in [6.07, 6.45) is 2.98. The standard InChI is InChI=1S/C20H30N2O3/c1-3-17(4-2)20(24)22-13-8-12-21(14-15-22)19(23)11-16-25-18-9-6-5-7-10-18/h5-7,9-10,17H,3-4,8,11-16H2,1-2H3. The second kappa shape index (κ2) is 10.1. The maximum atomic E-state index is 12.5. The van der Waals surface area contributed by atoms with Crippen LogP contribution in [0.4, 0.5) is 0 Å². The lowest BCUT2D eigenvalue weighted by molar-refractivity contribution is -0.136. The van der Waals surface area contributed by atoms with Crippen LogP contribution in [-0.4, -0.2) is 54.4 Å². The van der Waals surface area contributed by atoms with Crippen molar-refractivity contribution in [3.63, 3.8) is 0 Å². The van der Waals surface area contributed by atoms with Crippen molar-refractivity contribution in [1.82, 2.24) is 9.80 Å². The zero-order valence-corrected chi connectivity index (χ0v) is 15.4. The molecular weight excluding hydrogens is 316 g/mol. The molecule has 1 heterocycles. The Balaban J connectivity index is 1.77. The number of nitrogens with zero attached hydrogens (tertiary/aromatic N) is 2. The highest BCUT2D eigenvalue weighted by molar-refractivity contribution is 5.79. The third kappa shape index (κ3) is 5.76. The van der Waals surface area contributed by atoms with E-state index in [4.69, 9.17) is 4.74 Å². The van der Waals surface area contributed by atoms with Crippen LogP contribution in [0.5, 0.6) is 5.75 Å². The van der Waals surface area contributed by atoms with Gasteiger partial charge in [0.25, 0.3) is 0 Å². The first kappa shape index (κ1) is 19.3. The number of rotatable bonds is 7. The zero-order chi connectivity index (χ0) is 18.1. The number of carbonyl (C=O) groups excluding carboxylic acids is 2. The van der Waals surface area contributed by atoms with E-state index in [9.17, 15) is 9.59 Å². The summed E-state index contributed by atoms with van der Waals surface area (Å²) in [6, 6.07) is 9.54. The van der Waals surface area contributed by atoms with Gasteiger partial charge in [0.15, 0.2) is 0 Å². The highest BCUT2D eigenvalue weighted by Crippen LogP contribution is 2.15. The summed E-state index contributed by atoms with van der Waals surface area (Å²) in [5.74, 6) is 1.24. The highest BCUT2D eigenvalue weighted by Gasteiger charge is 2.25. The number of para-hydroxylation sites is 1. The first-order valence-corrected chi connectivity index (χ1v) is 9.40. The molecule has 1 saturated heterocycles. The molecule has 0 spiro atoms. The van der Waals surface area contributed by atoms with Crippen LogP contribution in [0.25, 0.3) is 0 Å². The van der Waals surface area contributed by atoms with Gasteiger partial charge in [-0.25, -0.2) is 0 Å². The summed E-state index contributed by atoms with van der Waals surface area (Å²) < 4.78 is 5.61. The molecule has 5 nitrogen and oxygen atoms in total. The fourth-order valence-electron chi connectivity index (χ4n) is 3.21. The number of hydrogen-bond acceptors (Lipinski definition) is 3. The predicted octanol–water partition coefficient (Wildman–Crippen LogP) is 2.95. The van der Waals surface area contributed by atoms with Gasteiger partial charge in [-0.1, -0.05) is 32.0 Å². The molecule has 1 aliphatic heterocycles. The van der Waals surface area contributed by atoms with Crippen LogP contribution in [-0.2, 0) is 9.59 Å². The molecule has 0 aromatic heterocycles. The van der Waals surface area contributed by atoms with Gasteiger partial charge in [0.2, 0.25) is 11.8 Å². The molecule has 1 aliphatic rings. The van der Waals surface area contributed by atoms with E-state index in [1.54, 1.807) is 0 Å². The monoisotopic (exact) mass is 346 g/mol. The Labute approximate surface area is 150 Å². The summed E-state index contributed by atoms with van der Waals surface area (Å²) in [7, 11) is 0. The van der Waals surface area contributed by atoms with Gasteiger partial charge in [-0.2, -0.15) is 0 Å². The van der Waals surface area contributed by atoms with Gasteiger partial charge in [0, 0.05) is 32.1 Å². The second-order valence-corrected chi connectivity index (χ2v) is 6.48. The van der Waals surface area contributed by atoms with Crippen LogP contribution in [0, 0.1) is 5.92 Å². The molecule has 0 aliphatic carbocycles. The normalized spacial score (nSPS) is 15.2. The molecule has 25 heavy (non-hydrogen) atoms. The van der Waals surface area contributed by atoms with E-state index in [1.165, 1.54) is 0 Å². The molecule has 1 aromatic rings. The van der Waals surface area contributed by atoms with Gasteiger partial charge in [-0.05, 0) is 31.4 Å². The van der Waals surface area contributed by atoms with Gasteiger partial charge < -0.3 is 14.5 Å². The van der Waals surface area contributed by atoms with Crippen LogP contribution in [0.1, 0.15) is 39.5 Å². The van der Waals surface area contributed by atoms with E-state index in [0.717, 1.165) is 38.1 Å². The van der Waals surface area contributed by atoms with E-state index in [0.29, 0.717) is 26.1 Å². The molecule has 0 saturated carbocycles. The van der Waals surface area contributed by atoms with E-state index in [1.807, 2.05) is 40.1 Å². The smallest absolute Gasteiger partial charge is 0.226 e. The molecule has 5 heteroatoms. The molecule has 1 fully saturated rings. The van der Waals surface area contributed by atoms with Crippen LogP contribution < -0.4 is 4.74 Å². The molecule has 0 bridgehead atoms. The molecule has 0 N–H and O–H groups in total. The predicted molar refractivity (Wildman–Crippen MR) is 98.4 cm³/mol. The van der Waals surface area contributed by atoms with E-state index in [2.05, 4.69) is 13.8 Å². The van der Waals surface area contributed by atoms with Crippen LogP contribution in [0.2, 0.25) is 0 Å². The average Bonchev–Trinajstić information content (AvgIpc) is 2.89. The van der Waals surface area contributed by atoms with Crippen molar-refractivity contribution in [2.24, 2.45) is 5.92 Å². The van der Waals surface area contributed by atoms with Gasteiger partial charge >= 0.3 is 0 Å². The first-order chi connectivity index (χ1) is 12.2. The highest BCUT2D eigenvalue weighted by atomic mass is 16.5. The third-order valence-corrected chi connectivity index (χ3v) is 4.82. The number of ether oxygens (including phenoxy) is 1. The van der Waals surface area contributed by atoms with Gasteiger partial charge in [-0.15, -0.1) is 0 Å². The lowest BCUT2D eigenvalue weighted by Crippen LogP contribution is -2.40. The average molecular weight is 346 g/mol. The largest absolute Gasteiger partial charge is 0.493 e. The maximum Gasteiger partial charge on any atom is 0.226 e. The Hall–Kier alpha value is -2.04. The van der Waals surface area contributed by atoms with Crippen LogP contribution in [0.3, 0.4) is 0 Å². The van der Waals surface area contributed by atoms with Gasteiger partial charge in [0.1, 0.15) is 5.75 Å². The van der Waals surface area contributed by atoms with Gasteiger partial charge in [-0.3, -0.25) is 9.59 Å². The first-order valence-electron chi connectivity index (χ1n) is 9.40. The Bertz CT molecular complexity index is 543. The quantitative estimate of drug-likeness (QED) is 0.763. The molecule has 0 atom stereocenters. The van der Waals surface area contributed by atoms with Crippen molar-refractivity contribution in [3.05, 3.63) is 30.3 Å². The Morgan fingerprint density at radius 3 is 2.32 bits per heavy atom. The Morgan fingerprint density at radius 1 is 1.00 bits per heavy atom. The van der Waals surface area contributed by atoms with Crippen LogP contribution >= 0.6 is 0 Å². The molecular formula is C20H30N2O3. The zero-order valence-electron chi connectivity index (χ0n) is 15.4. The number of amides is 2. The second-order valence-electron chi connectivity index (χ2n) is 6.48. The number of benzene rings is 1. The molecule has 0 radical (unpaired) electrons.